The Balaban J connectivity index is 0. The minimum Gasteiger partial charge on any atom is -0.419 e. The molecule has 0 bridgehead atoms. The molecule has 1 nitrogen and oxygen atoms in total. The summed E-state index contributed by atoms with van der Waals surface area (Å²) in [6.45, 7) is 4.82. The standard InChI is InChI=1S/C5H4O.2C5H5.Zr/c1-2-3-4-5-6;2*1-2-4-5-3-1;/h1-4H;2*1-5H;/q-2;;;+2/b4-3-;;;. The molecule has 2 aliphatic rings. The van der Waals surface area contributed by atoms with Gasteiger partial charge in [-0.3, -0.25) is 6.58 Å². The van der Waals surface area contributed by atoms with Crippen LogP contribution in [-0.2, 0) is 31.0 Å². The Morgan fingerprint density at radius 1 is 0.765 bits per heavy atom. The number of hydrogen-bond acceptors (Lipinski definition) is 1. The predicted octanol–water partition coefficient (Wildman–Crippen LogP) is 2.68. The van der Waals surface area contributed by atoms with Gasteiger partial charge in [-0.15, -0.1) is 0 Å². The van der Waals surface area contributed by atoms with Crippen LogP contribution in [0.1, 0.15) is 0 Å². The molecule has 2 aliphatic carbocycles. The topological polar surface area (TPSA) is 17.1 Å². The van der Waals surface area contributed by atoms with E-state index in [9.17, 15) is 4.79 Å². The Bertz CT molecular complexity index is 144. The molecule has 0 saturated heterocycles. The maximum Gasteiger partial charge on any atom is 2.00 e. The molecular weight excluding hydrogens is 287 g/mol. The van der Waals surface area contributed by atoms with E-state index in [1.54, 1.807) is 0 Å². The minimum atomic E-state index is 0. The molecule has 0 aromatic carbocycles. The summed E-state index contributed by atoms with van der Waals surface area (Å²) in [6.07, 6.45) is 25.4. The Labute approximate surface area is 126 Å². The van der Waals surface area contributed by atoms with Crippen molar-refractivity contribution < 1.29 is 31.0 Å². The molecule has 2 heteroatoms. The Morgan fingerprint density at radius 3 is 1.18 bits per heavy atom. The van der Waals surface area contributed by atoms with E-state index in [1.807, 2.05) is 64.2 Å². The molecule has 0 aromatic rings. The number of allylic oxidation sites excluding steroid dienone is 3. The van der Waals surface area contributed by atoms with Crippen molar-refractivity contribution in [2.45, 2.75) is 0 Å². The summed E-state index contributed by atoms with van der Waals surface area (Å²) < 4.78 is 0. The third kappa shape index (κ3) is 18.6. The molecule has 0 N–H and O–H groups in total. The Hall–Kier alpha value is 0.0331. The van der Waals surface area contributed by atoms with Crippen molar-refractivity contribution in [3.8, 4) is 0 Å². The average molecular weight is 302 g/mol. The minimum absolute atomic E-state index is 0. The van der Waals surface area contributed by atoms with Gasteiger partial charge in [0.05, 0.1) is 0 Å². The molecule has 84 valence electrons. The molecule has 0 atom stereocenters. The number of hydrogen-bond donors (Lipinski definition) is 0. The van der Waals surface area contributed by atoms with Crippen LogP contribution < -0.4 is 0 Å². The van der Waals surface area contributed by atoms with E-state index in [0.717, 1.165) is 0 Å². The van der Waals surface area contributed by atoms with Gasteiger partial charge in [0.15, 0.2) is 0 Å². The van der Waals surface area contributed by atoms with E-state index >= 15 is 0 Å². The summed E-state index contributed by atoms with van der Waals surface area (Å²) in [4.78, 5) is 9.28. The molecule has 0 amide bonds. The Kier molecular flexibility index (Phi) is 21.0. The summed E-state index contributed by atoms with van der Waals surface area (Å²) in [5.41, 5.74) is 0. The van der Waals surface area contributed by atoms with Crippen LogP contribution in [0.15, 0.2) is 18.2 Å². The van der Waals surface area contributed by atoms with Gasteiger partial charge in [0.2, 0.25) is 0 Å². The van der Waals surface area contributed by atoms with Gasteiger partial charge < -0.3 is 4.79 Å². The summed E-state index contributed by atoms with van der Waals surface area (Å²) >= 11 is 0. The average Bonchev–Trinajstić information content (AvgIpc) is 3.00. The van der Waals surface area contributed by atoms with Gasteiger partial charge in [0, 0.05) is 0 Å². The monoisotopic (exact) mass is 300 g/mol. The van der Waals surface area contributed by atoms with Gasteiger partial charge in [-0.2, -0.15) is 6.08 Å². The summed E-state index contributed by atoms with van der Waals surface area (Å²) in [5, 5.41) is 0. The molecule has 2 fully saturated rings. The van der Waals surface area contributed by atoms with Crippen molar-refractivity contribution in [2.75, 3.05) is 0 Å². The van der Waals surface area contributed by atoms with Crippen LogP contribution in [0.4, 0.5) is 0 Å². The molecule has 10 radical (unpaired) electrons. The van der Waals surface area contributed by atoms with Gasteiger partial charge in [0.1, 0.15) is 0 Å². The van der Waals surface area contributed by atoms with Crippen LogP contribution in [0.5, 0.6) is 0 Å². The zero-order chi connectivity index (χ0) is 11.9. The number of rotatable bonds is 2. The van der Waals surface area contributed by atoms with Crippen molar-refractivity contribution in [3.63, 3.8) is 0 Å². The zero-order valence-electron chi connectivity index (χ0n) is 9.49. The van der Waals surface area contributed by atoms with Crippen LogP contribution in [0.3, 0.4) is 0 Å². The van der Waals surface area contributed by atoms with E-state index in [1.165, 1.54) is 24.5 Å². The zero-order valence-corrected chi connectivity index (χ0v) is 11.9. The molecule has 0 heterocycles. The van der Waals surface area contributed by atoms with Gasteiger partial charge in [0.25, 0.3) is 0 Å². The molecule has 0 spiro atoms. The molecule has 0 unspecified atom stereocenters. The van der Waals surface area contributed by atoms with Gasteiger partial charge in [-0.05, 0) is 70.5 Å². The molecule has 17 heavy (non-hydrogen) atoms. The number of carbonyl (C=O) groups excluding carboxylic acids is 1. The quantitative estimate of drug-likeness (QED) is 0.435. The fourth-order valence-corrected chi connectivity index (χ4v) is 0.736. The third-order valence-electron chi connectivity index (χ3n) is 1.39. The first kappa shape index (κ1) is 19.4. The van der Waals surface area contributed by atoms with E-state index in [4.69, 9.17) is 6.58 Å². The molecular formula is C15H14OZr. The summed E-state index contributed by atoms with van der Waals surface area (Å²) in [7, 11) is 0. The van der Waals surface area contributed by atoms with Crippen LogP contribution in [0.25, 0.3) is 0 Å². The van der Waals surface area contributed by atoms with Crippen LogP contribution >= 0.6 is 0 Å². The maximum absolute atomic E-state index is 9.28. The SMILES string of the molecule is [CH-]=C/C=C\[C-]=O.[CH]1[CH][CH][CH][CH]1.[CH]1[CH][CH][CH][CH]1.[Zr+2]. The summed E-state index contributed by atoms with van der Waals surface area (Å²) in [6, 6.07) is 0. The van der Waals surface area contributed by atoms with E-state index in [-0.39, 0.29) is 26.2 Å². The van der Waals surface area contributed by atoms with Crippen molar-refractivity contribution >= 4 is 6.29 Å². The second-order valence-corrected chi connectivity index (χ2v) is 2.59. The smallest absolute Gasteiger partial charge is 0.419 e. The van der Waals surface area contributed by atoms with Crippen molar-refractivity contribution in [3.05, 3.63) is 89.0 Å². The van der Waals surface area contributed by atoms with Gasteiger partial charge >= 0.3 is 26.2 Å². The third-order valence-corrected chi connectivity index (χ3v) is 1.39. The van der Waals surface area contributed by atoms with Crippen molar-refractivity contribution in [2.24, 2.45) is 0 Å². The van der Waals surface area contributed by atoms with Crippen LogP contribution in [0.2, 0.25) is 0 Å². The fourth-order valence-electron chi connectivity index (χ4n) is 0.736. The first-order chi connectivity index (χ1) is 7.91. The van der Waals surface area contributed by atoms with E-state index in [2.05, 4.69) is 0 Å². The predicted molar refractivity (Wildman–Crippen MR) is 66.7 cm³/mol. The van der Waals surface area contributed by atoms with E-state index < -0.39 is 0 Å². The van der Waals surface area contributed by atoms with Gasteiger partial charge in [-0.25, -0.2) is 12.2 Å². The second-order valence-electron chi connectivity index (χ2n) is 2.59. The Morgan fingerprint density at radius 2 is 1.06 bits per heavy atom. The normalized spacial score (nSPS) is 17.2. The first-order valence-corrected chi connectivity index (χ1v) is 4.83. The summed E-state index contributed by atoms with van der Waals surface area (Å²) in [5.74, 6) is 0. The molecule has 2 saturated carbocycles. The first-order valence-electron chi connectivity index (χ1n) is 4.83. The van der Waals surface area contributed by atoms with Crippen LogP contribution in [0, 0.1) is 70.8 Å². The van der Waals surface area contributed by atoms with Crippen LogP contribution in [-0.4, -0.2) is 6.29 Å². The largest absolute Gasteiger partial charge is 2.00 e. The second kappa shape index (κ2) is 18.4. The molecule has 0 aliphatic heterocycles. The van der Waals surface area contributed by atoms with Gasteiger partial charge in [-0.1, -0.05) is 0 Å². The van der Waals surface area contributed by atoms with Crippen molar-refractivity contribution in [1.82, 2.24) is 0 Å². The maximum atomic E-state index is 9.28. The van der Waals surface area contributed by atoms with E-state index in [0.29, 0.717) is 0 Å². The fraction of sp³-hybridized carbons (Fsp3) is 0. The van der Waals surface area contributed by atoms with Crippen molar-refractivity contribution in [1.29, 1.82) is 0 Å². The molecule has 0 aromatic heterocycles. The molecule has 2 rings (SSSR count).